The molecule has 4 aromatic rings. The minimum atomic E-state index is -0.0324. The number of thiazole rings is 1. The third-order valence-electron chi connectivity index (χ3n) is 8.84. The zero-order valence-corrected chi connectivity index (χ0v) is 31.3. The molecule has 0 unspecified atom stereocenters. The quantitative estimate of drug-likeness (QED) is 0.0434. The molecule has 0 radical (unpaired) electrons. The van der Waals surface area contributed by atoms with Gasteiger partial charge in [-0.1, -0.05) is 93.9 Å². The summed E-state index contributed by atoms with van der Waals surface area (Å²) >= 11 is 1.72. The molecule has 0 atom stereocenters. The van der Waals surface area contributed by atoms with E-state index in [1.165, 1.54) is 67.2 Å². The van der Waals surface area contributed by atoms with E-state index < -0.39 is 0 Å². The Morgan fingerprint density at radius 1 is 0.490 bits per heavy atom. The lowest BCUT2D eigenvalue weighted by Crippen LogP contribution is -2.06. The number of ether oxygens (including phenoxy) is 4. The maximum atomic E-state index is 6.02. The second kappa shape index (κ2) is 23.5. The van der Waals surface area contributed by atoms with E-state index in [1.54, 1.807) is 35.6 Å². The van der Waals surface area contributed by atoms with Crippen molar-refractivity contribution in [1.82, 2.24) is 4.98 Å². The largest absolute Gasteiger partial charge is 0.494 e. The van der Waals surface area contributed by atoms with E-state index in [2.05, 4.69) is 93.0 Å². The molecule has 272 valence electrons. The maximum Gasteiger partial charge on any atom is 0.124 e. The van der Waals surface area contributed by atoms with Gasteiger partial charge in [-0.25, -0.2) is 4.98 Å². The zero-order chi connectivity index (χ0) is 35.9. The van der Waals surface area contributed by atoms with Crippen molar-refractivity contribution in [2.75, 3.05) is 26.4 Å². The van der Waals surface area contributed by atoms with Gasteiger partial charge in [0.1, 0.15) is 16.5 Å². The van der Waals surface area contributed by atoms with Gasteiger partial charge in [0.15, 0.2) is 0 Å². The Labute approximate surface area is 310 Å². The van der Waals surface area contributed by atoms with Gasteiger partial charge in [0.2, 0.25) is 0 Å². The van der Waals surface area contributed by atoms with E-state index in [4.69, 9.17) is 23.9 Å². The predicted octanol–water partition coefficient (Wildman–Crippen LogP) is 12.6. The number of hydrogen-bond acceptors (Lipinski definition) is 6. The smallest absolute Gasteiger partial charge is 0.124 e. The lowest BCUT2D eigenvalue weighted by Gasteiger charge is -2.09. The van der Waals surface area contributed by atoms with Crippen LogP contribution in [-0.2, 0) is 9.47 Å². The molecule has 51 heavy (non-hydrogen) atoms. The molecule has 6 heteroatoms. The second-order valence-electron chi connectivity index (χ2n) is 12.8. The van der Waals surface area contributed by atoms with E-state index in [0.29, 0.717) is 0 Å². The summed E-state index contributed by atoms with van der Waals surface area (Å²) < 4.78 is 24.6. The molecule has 0 N–H and O–H groups in total. The number of nitrogens with zero attached hydrogens (tertiary/aromatic N) is 1. The van der Waals surface area contributed by atoms with Crippen LogP contribution in [0.15, 0.2) is 117 Å². The van der Waals surface area contributed by atoms with E-state index in [-0.39, 0.29) is 12.2 Å². The van der Waals surface area contributed by atoms with Crippen LogP contribution < -0.4 is 9.47 Å². The van der Waals surface area contributed by atoms with Crippen molar-refractivity contribution >= 4 is 21.6 Å². The number of benzene rings is 3. The molecule has 0 aliphatic carbocycles. The molecule has 3 aromatic carbocycles. The molecular weight excluding hydrogens is 651 g/mol. The van der Waals surface area contributed by atoms with Gasteiger partial charge in [0, 0.05) is 18.8 Å². The lowest BCUT2D eigenvalue weighted by molar-refractivity contribution is 0.111. The van der Waals surface area contributed by atoms with Crippen molar-refractivity contribution in [3.05, 3.63) is 117 Å². The van der Waals surface area contributed by atoms with E-state index in [0.717, 1.165) is 79.7 Å². The standard InChI is InChI=1S/C45H57NO4S/c1-5-39(6-2)47-31-17-13-9-11-15-19-33-49-41-26-21-36(22-27-41)38-25-30-43-44(35-38)51-45(46-43)37-23-28-42(29-24-37)50-34-20-16-12-10-14-18-32-48-40(7-3)8-4/h5-8,21-30,35,39-40H,1-4,9-20,31-34H2. The van der Waals surface area contributed by atoms with Crippen molar-refractivity contribution in [1.29, 1.82) is 0 Å². The van der Waals surface area contributed by atoms with Gasteiger partial charge in [0.25, 0.3) is 0 Å². The number of rotatable bonds is 28. The lowest BCUT2D eigenvalue weighted by atomic mass is 10.1. The Hall–Kier alpha value is -3.97. The molecule has 0 bridgehead atoms. The molecule has 0 aliphatic heterocycles. The van der Waals surface area contributed by atoms with Crippen molar-refractivity contribution in [2.45, 2.75) is 89.3 Å². The monoisotopic (exact) mass is 707 g/mol. The van der Waals surface area contributed by atoms with E-state index in [1.807, 2.05) is 0 Å². The Morgan fingerprint density at radius 3 is 1.37 bits per heavy atom. The van der Waals surface area contributed by atoms with Crippen LogP contribution in [0, 0.1) is 0 Å². The molecule has 0 spiro atoms. The first-order valence-corrected chi connectivity index (χ1v) is 19.6. The molecule has 0 fully saturated rings. The maximum absolute atomic E-state index is 6.02. The summed E-state index contributed by atoms with van der Waals surface area (Å²) in [6.07, 6.45) is 21.0. The van der Waals surface area contributed by atoms with Gasteiger partial charge in [-0.3, -0.25) is 0 Å². The minimum absolute atomic E-state index is 0.0317. The number of aromatic nitrogens is 1. The molecule has 0 saturated carbocycles. The minimum Gasteiger partial charge on any atom is -0.494 e. The topological polar surface area (TPSA) is 49.8 Å². The van der Waals surface area contributed by atoms with Gasteiger partial charge in [-0.2, -0.15) is 0 Å². The third-order valence-corrected chi connectivity index (χ3v) is 9.91. The molecule has 0 aliphatic rings. The average molecular weight is 708 g/mol. The summed E-state index contributed by atoms with van der Waals surface area (Å²) in [5.74, 6) is 1.83. The summed E-state index contributed by atoms with van der Waals surface area (Å²) in [7, 11) is 0. The highest BCUT2D eigenvalue weighted by atomic mass is 32.1. The molecule has 1 heterocycles. The van der Waals surface area contributed by atoms with Crippen LogP contribution in [-0.4, -0.2) is 43.6 Å². The predicted molar refractivity (Wildman–Crippen MR) is 217 cm³/mol. The summed E-state index contributed by atoms with van der Waals surface area (Å²) in [4.78, 5) is 4.92. The Balaban J connectivity index is 1.12. The summed E-state index contributed by atoms with van der Waals surface area (Å²) in [5, 5.41) is 1.02. The molecule has 1 aromatic heterocycles. The van der Waals surface area contributed by atoms with Crippen molar-refractivity contribution in [3.63, 3.8) is 0 Å². The van der Waals surface area contributed by atoms with Crippen LogP contribution in [0.4, 0.5) is 0 Å². The fourth-order valence-electron chi connectivity index (χ4n) is 5.77. The van der Waals surface area contributed by atoms with Gasteiger partial charge in [-0.15, -0.1) is 37.7 Å². The van der Waals surface area contributed by atoms with Gasteiger partial charge >= 0.3 is 0 Å². The van der Waals surface area contributed by atoms with Crippen LogP contribution in [0.1, 0.15) is 77.0 Å². The van der Waals surface area contributed by atoms with Gasteiger partial charge in [-0.05, 0) is 85.3 Å². The first-order chi connectivity index (χ1) is 25.1. The first kappa shape index (κ1) is 39.8. The number of hydrogen-bond donors (Lipinski definition) is 0. The SMILES string of the molecule is C=CC(C=C)OCCCCCCCCOc1ccc(-c2ccc3nc(-c4ccc(OCCCCCCCCOC(C=C)C=C)cc4)sc3c2)cc1. The second-order valence-corrected chi connectivity index (χ2v) is 13.8. The van der Waals surface area contributed by atoms with Crippen LogP contribution in [0.5, 0.6) is 11.5 Å². The van der Waals surface area contributed by atoms with Crippen LogP contribution in [0.3, 0.4) is 0 Å². The van der Waals surface area contributed by atoms with Gasteiger partial charge < -0.3 is 18.9 Å². The van der Waals surface area contributed by atoms with Crippen LogP contribution >= 0.6 is 11.3 Å². The highest BCUT2D eigenvalue weighted by Gasteiger charge is 2.09. The molecule has 0 amide bonds. The highest BCUT2D eigenvalue weighted by molar-refractivity contribution is 7.21. The summed E-state index contributed by atoms with van der Waals surface area (Å²) in [6, 6.07) is 23.3. The van der Waals surface area contributed by atoms with E-state index in [9.17, 15) is 0 Å². The molecule has 4 rings (SSSR count). The van der Waals surface area contributed by atoms with E-state index >= 15 is 0 Å². The zero-order valence-electron chi connectivity index (χ0n) is 30.4. The Kier molecular flexibility index (Phi) is 18.3. The summed E-state index contributed by atoms with van der Waals surface area (Å²) in [5.41, 5.74) is 4.49. The Morgan fingerprint density at radius 2 is 0.902 bits per heavy atom. The fraction of sp³-hybridized carbons (Fsp3) is 0.400. The third kappa shape index (κ3) is 14.3. The van der Waals surface area contributed by atoms with Crippen molar-refractivity contribution in [3.8, 4) is 33.2 Å². The van der Waals surface area contributed by atoms with Crippen LogP contribution in [0.25, 0.3) is 31.9 Å². The van der Waals surface area contributed by atoms with Crippen molar-refractivity contribution < 1.29 is 18.9 Å². The normalized spacial score (nSPS) is 11.3. The molecule has 0 saturated heterocycles. The number of fused-ring (bicyclic) bond motifs is 1. The molecule has 5 nitrogen and oxygen atoms in total. The fourth-order valence-corrected chi connectivity index (χ4v) is 6.78. The Bertz CT molecular complexity index is 1500. The molecular formula is C45H57NO4S. The average Bonchev–Trinajstić information content (AvgIpc) is 3.60. The summed E-state index contributed by atoms with van der Waals surface area (Å²) in [6.45, 7) is 18.0. The van der Waals surface area contributed by atoms with Crippen molar-refractivity contribution in [2.24, 2.45) is 0 Å². The van der Waals surface area contributed by atoms with Crippen LogP contribution in [0.2, 0.25) is 0 Å². The van der Waals surface area contributed by atoms with Gasteiger partial charge in [0.05, 0.1) is 35.6 Å². The highest BCUT2D eigenvalue weighted by Crippen LogP contribution is 2.34. The number of unbranched alkanes of at least 4 members (excludes halogenated alkanes) is 10. The first-order valence-electron chi connectivity index (χ1n) is 18.7.